The van der Waals surface area contributed by atoms with Crippen LogP contribution in [0.5, 0.6) is 0 Å². The van der Waals surface area contributed by atoms with E-state index in [1.54, 1.807) is 0 Å². The maximum Gasteiger partial charge on any atom is 0.143 e. The van der Waals surface area contributed by atoms with Gasteiger partial charge in [0.2, 0.25) is 0 Å². The summed E-state index contributed by atoms with van der Waals surface area (Å²) in [6.45, 7) is 4.72. The molecule has 0 radical (unpaired) electrons. The third kappa shape index (κ3) is 4.74. The predicted molar refractivity (Wildman–Crippen MR) is 242 cm³/mol. The first kappa shape index (κ1) is 32.8. The van der Waals surface area contributed by atoms with E-state index in [0.29, 0.717) is 0 Å². The van der Waals surface area contributed by atoms with E-state index >= 15 is 0 Å². The van der Waals surface area contributed by atoms with E-state index in [2.05, 4.69) is 195 Å². The van der Waals surface area contributed by atoms with Gasteiger partial charge in [-0.25, -0.2) is 0 Å². The Kier molecular flexibility index (Phi) is 6.98. The Bertz CT molecular complexity index is 3420. The summed E-state index contributed by atoms with van der Waals surface area (Å²) in [5.41, 5.74) is 16.7. The van der Waals surface area contributed by atoms with E-state index in [1.807, 2.05) is 12.1 Å². The van der Waals surface area contributed by atoms with Gasteiger partial charge >= 0.3 is 0 Å². The predicted octanol–water partition coefficient (Wildman–Crippen LogP) is 15.7. The van der Waals surface area contributed by atoms with Crippen LogP contribution in [-0.4, -0.2) is 0 Å². The quantitative estimate of drug-likeness (QED) is 0.176. The van der Waals surface area contributed by atoms with E-state index in [1.165, 1.54) is 33.3 Å². The van der Waals surface area contributed by atoms with Gasteiger partial charge in [-0.2, -0.15) is 0 Å². The van der Waals surface area contributed by atoms with Gasteiger partial charge in [-0.3, -0.25) is 0 Å². The minimum Gasteiger partial charge on any atom is -0.456 e. The Morgan fingerprint density at radius 3 is 1.69 bits per heavy atom. The molecule has 11 aromatic rings. The first-order valence-corrected chi connectivity index (χ1v) is 20.0. The lowest BCUT2D eigenvalue weighted by atomic mass is 9.81. The molecule has 0 fully saturated rings. The molecule has 0 saturated heterocycles. The van der Waals surface area contributed by atoms with Gasteiger partial charge in [0, 0.05) is 43.7 Å². The van der Waals surface area contributed by atoms with Crippen LogP contribution in [0.25, 0.3) is 88.0 Å². The first-order chi connectivity index (χ1) is 28.5. The summed E-state index contributed by atoms with van der Waals surface area (Å²) < 4.78 is 12.8. The number of anilines is 3. The fourth-order valence-corrected chi connectivity index (χ4v) is 9.82. The van der Waals surface area contributed by atoms with Crippen LogP contribution >= 0.6 is 0 Å². The molecule has 274 valence electrons. The van der Waals surface area contributed by atoms with Crippen LogP contribution in [0.3, 0.4) is 0 Å². The molecule has 3 heteroatoms. The second-order valence-electron chi connectivity index (χ2n) is 16.0. The standard InChI is InChI=1S/C55H37NO2/c1-55(2)46-19-7-5-14-42(46)43-18-9-20-47(53(43)55)56(37-29-24-35(25-30-37)39-16-10-22-49-51(39)44-15-6-8-21-48(44)57-49)38-31-26-36(27-32-38)40-17-11-23-50-52(40)45-33-28-34-12-3-4-13-41(34)54(45)58-50/h3-33H,1-2H3. The van der Waals surface area contributed by atoms with E-state index in [0.717, 1.165) is 82.9 Å². The Balaban J connectivity index is 1.02. The van der Waals surface area contributed by atoms with Crippen LogP contribution in [-0.2, 0) is 5.41 Å². The number of benzene rings is 9. The normalized spacial score (nSPS) is 13.1. The SMILES string of the molecule is CC1(C)c2ccccc2-c2cccc(N(c3ccc(-c4cccc5oc6ccccc6c45)cc3)c3ccc(-c4cccc5oc6c7ccccc7ccc6c45)cc3)c21. The zero-order chi connectivity index (χ0) is 38.5. The van der Waals surface area contributed by atoms with Gasteiger partial charge in [0.25, 0.3) is 0 Å². The van der Waals surface area contributed by atoms with Crippen molar-refractivity contribution in [3.05, 3.63) is 199 Å². The summed E-state index contributed by atoms with van der Waals surface area (Å²) in [7, 11) is 0. The molecule has 3 nitrogen and oxygen atoms in total. The zero-order valence-electron chi connectivity index (χ0n) is 32.2. The van der Waals surface area contributed by atoms with Gasteiger partial charge in [0.1, 0.15) is 22.3 Å². The van der Waals surface area contributed by atoms with Gasteiger partial charge in [0.05, 0.1) is 5.69 Å². The lowest BCUT2D eigenvalue weighted by Gasteiger charge is -2.32. The highest BCUT2D eigenvalue weighted by Crippen LogP contribution is 2.54. The highest BCUT2D eigenvalue weighted by atomic mass is 16.3. The highest BCUT2D eigenvalue weighted by Gasteiger charge is 2.38. The molecule has 2 aromatic heterocycles. The fourth-order valence-electron chi connectivity index (χ4n) is 9.82. The molecule has 0 spiro atoms. The first-order valence-electron chi connectivity index (χ1n) is 20.0. The molecule has 0 saturated carbocycles. The molecule has 0 atom stereocenters. The maximum atomic E-state index is 6.56. The molecule has 0 bridgehead atoms. The number of nitrogens with zero attached hydrogens (tertiary/aromatic N) is 1. The maximum absolute atomic E-state index is 6.56. The number of hydrogen-bond donors (Lipinski definition) is 0. The lowest BCUT2D eigenvalue weighted by Crippen LogP contribution is -2.20. The number of furan rings is 2. The van der Waals surface area contributed by atoms with E-state index in [-0.39, 0.29) is 5.41 Å². The second kappa shape index (κ2) is 12.3. The lowest BCUT2D eigenvalue weighted by molar-refractivity contribution is 0.661. The summed E-state index contributed by atoms with van der Waals surface area (Å²) in [5, 5.41) is 6.87. The van der Waals surface area contributed by atoms with Crippen LogP contribution in [0.15, 0.2) is 197 Å². The van der Waals surface area contributed by atoms with Crippen LogP contribution in [0.4, 0.5) is 17.1 Å². The summed E-state index contributed by atoms with van der Waals surface area (Å²) in [6.07, 6.45) is 0. The second-order valence-corrected chi connectivity index (χ2v) is 16.0. The molecule has 1 aliphatic rings. The van der Waals surface area contributed by atoms with Crippen LogP contribution < -0.4 is 4.90 Å². The van der Waals surface area contributed by atoms with Gasteiger partial charge < -0.3 is 13.7 Å². The topological polar surface area (TPSA) is 29.5 Å². The van der Waals surface area contributed by atoms with E-state index in [9.17, 15) is 0 Å². The van der Waals surface area contributed by atoms with Crippen molar-refractivity contribution in [1.29, 1.82) is 0 Å². The third-order valence-electron chi connectivity index (χ3n) is 12.5. The molecule has 0 amide bonds. The Labute approximate surface area is 336 Å². The molecular formula is C55H37NO2. The fraction of sp³-hybridized carbons (Fsp3) is 0.0545. The number of hydrogen-bond acceptors (Lipinski definition) is 3. The van der Waals surface area contributed by atoms with Gasteiger partial charge in [-0.05, 0) is 104 Å². The molecule has 0 N–H and O–H groups in total. The minimum atomic E-state index is -0.194. The van der Waals surface area contributed by atoms with E-state index in [4.69, 9.17) is 8.83 Å². The molecule has 9 aromatic carbocycles. The molecule has 2 heterocycles. The van der Waals surface area contributed by atoms with Crippen LogP contribution in [0.2, 0.25) is 0 Å². The molecule has 12 rings (SSSR count). The number of para-hydroxylation sites is 1. The van der Waals surface area contributed by atoms with Gasteiger partial charge in [-0.15, -0.1) is 0 Å². The van der Waals surface area contributed by atoms with Gasteiger partial charge in [-0.1, -0.05) is 147 Å². The summed E-state index contributed by atoms with van der Waals surface area (Å²) in [4.78, 5) is 2.44. The van der Waals surface area contributed by atoms with Crippen molar-refractivity contribution < 1.29 is 8.83 Å². The van der Waals surface area contributed by atoms with Crippen molar-refractivity contribution in [3.8, 4) is 33.4 Å². The van der Waals surface area contributed by atoms with Crippen molar-refractivity contribution in [2.24, 2.45) is 0 Å². The third-order valence-corrected chi connectivity index (χ3v) is 12.5. The van der Waals surface area contributed by atoms with Crippen LogP contribution in [0, 0.1) is 0 Å². The molecule has 0 unspecified atom stereocenters. The smallest absolute Gasteiger partial charge is 0.143 e. The molecule has 58 heavy (non-hydrogen) atoms. The zero-order valence-corrected chi connectivity index (χ0v) is 32.2. The summed E-state index contributed by atoms with van der Waals surface area (Å²) in [5.74, 6) is 0. The average molecular weight is 744 g/mol. The Hall–Kier alpha value is -7.36. The monoisotopic (exact) mass is 743 g/mol. The summed E-state index contributed by atoms with van der Waals surface area (Å²) >= 11 is 0. The van der Waals surface area contributed by atoms with Crippen molar-refractivity contribution in [2.75, 3.05) is 4.90 Å². The highest BCUT2D eigenvalue weighted by molar-refractivity contribution is 6.19. The van der Waals surface area contributed by atoms with E-state index < -0.39 is 0 Å². The summed E-state index contributed by atoms with van der Waals surface area (Å²) in [6, 6.07) is 67.7. The molecule has 1 aliphatic carbocycles. The largest absolute Gasteiger partial charge is 0.456 e. The van der Waals surface area contributed by atoms with Gasteiger partial charge in [0.15, 0.2) is 0 Å². The van der Waals surface area contributed by atoms with Crippen molar-refractivity contribution in [3.63, 3.8) is 0 Å². The van der Waals surface area contributed by atoms with Crippen molar-refractivity contribution >= 4 is 71.7 Å². The Morgan fingerprint density at radius 2 is 0.948 bits per heavy atom. The molecular weight excluding hydrogens is 707 g/mol. The van der Waals surface area contributed by atoms with Crippen molar-refractivity contribution in [1.82, 2.24) is 0 Å². The molecule has 0 aliphatic heterocycles. The minimum absolute atomic E-state index is 0.194. The van der Waals surface area contributed by atoms with Crippen molar-refractivity contribution in [2.45, 2.75) is 19.3 Å². The number of fused-ring (bicyclic) bond motifs is 11. The average Bonchev–Trinajstić information content (AvgIpc) is 3.93. The Morgan fingerprint density at radius 1 is 0.397 bits per heavy atom. The van der Waals surface area contributed by atoms with Crippen LogP contribution in [0.1, 0.15) is 25.0 Å². The number of rotatable bonds is 5.